The molecule has 0 spiro atoms. The second kappa shape index (κ2) is 12.7. The Hall–Kier alpha value is -0.0900. The quantitative estimate of drug-likeness (QED) is 0.212. The van der Waals surface area contributed by atoms with Crippen molar-refractivity contribution < 1.29 is 31.7 Å². The third-order valence-corrected chi connectivity index (χ3v) is 11.1. The van der Waals surface area contributed by atoms with Gasteiger partial charge in [-0.1, -0.05) is 0 Å². The van der Waals surface area contributed by atoms with Gasteiger partial charge in [-0.05, 0) is 66.2 Å². The van der Waals surface area contributed by atoms with Gasteiger partial charge in [-0.3, -0.25) is 4.57 Å². The van der Waals surface area contributed by atoms with Crippen LogP contribution in [0.25, 0.3) is 4.85 Å². The summed E-state index contributed by atoms with van der Waals surface area (Å²) >= 11 is 0. The monoisotopic (exact) mass is 509 g/mol. The van der Waals surface area contributed by atoms with Crippen LogP contribution in [0.5, 0.6) is 0 Å². The molecule has 0 saturated carbocycles. The minimum Gasteiger partial charge on any atom is -0.376 e. The van der Waals surface area contributed by atoms with Gasteiger partial charge in [0.25, 0.3) is 8.53 Å². The molecule has 3 aliphatic rings. The lowest BCUT2D eigenvalue weighted by Gasteiger charge is -2.39. The number of hydrogen-bond donors (Lipinski definition) is 0. The Morgan fingerprint density at radius 3 is 2.67 bits per heavy atom. The van der Waals surface area contributed by atoms with E-state index in [-0.39, 0.29) is 44.2 Å². The standard InChI is InChI=1S/C23H42N2O6P2/c1-17(2)25(18(3)4)32(29-14-11-24-6)30-22-10-13-28-23(22)20-8-7-15-33(26,16-20)31-21-9-12-27-19(21)5/h17-23H,7-16H2,1-5H3/t19-,20-,21+,22+,23-,32?,33+/m1/s1/i5D,12T,13T/t12-,13-,19+,20+,21-,22-,23+,32?,33-/m0. The zero-order valence-corrected chi connectivity index (χ0v) is 22.1. The smallest absolute Gasteiger partial charge is 0.259 e. The molecule has 3 aliphatic heterocycles. The van der Waals surface area contributed by atoms with Crippen molar-refractivity contribution in [3.63, 3.8) is 0 Å². The molecule has 3 heterocycles. The molecule has 10 heteroatoms. The van der Waals surface area contributed by atoms with Crippen LogP contribution in [0.15, 0.2) is 0 Å². The van der Waals surface area contributed by atoms with Gasteiger partial charge in [0.15, 0.2) is 0 Å². The first kappa shape index (κ1) is 23.3. The van der Waals surface area contributed by atoms with Crippen molar-refractivity contribution in [2.24, 2.45) is 5.92 Å². The molecule has 0 aromatic heterocycles. The summed E-state index contributed by atoms with van der Waals surface area (Å²) in [5.74, 6) is -0.0832. The second-order valence-corrected chi connectivity index (χ2v) is 13.6. The summed E-state index contributed by atoms with van der Waals surface area (Å²) in [6.45, 7) is 14.4. The van der Waals surface area contributed by atoms with Crippen molar-refractivity contribution in [2.45, 2.75) is 96.8 Å². The van der Waals surface area contributed by atoms with Crippen molar-refractivity contribution in [3.8, 4) is 0 Å². The highest BCUT2D eigenvalue weighted by molar-refractivity contribution is 7.59. The first-order chi connectivity index (χ1) is 17.1. The van der Waals surface area contributed by atoms with Crippen LogP contribution in [0.4, 0.5) is 0 Å². The average molecular weight is 510 g/mol. The zero-order valence-electron chi connectivity index (χ0n) is 23.3. The molecule has 0 aromatic rings. The molecule has 0 aliphatic carbocycles. The van der Waals surface area contributed by atoms with Crippen molar-refractivity contribution in [1.82, 2.24) is 4.67 Å². The fourth-order valence-corrected chi connectivity index (χ4v) is 9.37. The number of hydrogen-bond acceptors (Lipinski definition) is 7. The van der Waals surface area contributed by atoms with Crippen LogP contribution in [-0.2, 0) is 27.6 Å². The molecule has 1 unspecified atom stereocenters. The molecule has 9 atom stereocenters. The van der Waals surface area contributed by atoms with Gasteiger partial charge in [-0.15, -0.1) is 0 Å². The number of rotatable bonds is 11. The van der Waals surface area contributed by atoms with Gasteiger partial charge in [-0.2, -0.15) is 0 Å². The Balaban J connectivity index is 1.72. The molecular weight excluding hydrogens is 462 g/mol. The molecule has 190 valence electrons. The van der Waals surface area contributed by atoms with E-state index in [1.165, 1.54) is 0 Å². The van der Waals surface area contributed by atoms with Gasteiger partial charge < -0.3 is 27.9 Å². The van der Waals surface area contributed by atoms with Gasteiger partial charge >= 0.3 is 0 Å². The Bertz CT molecular complexity index is 783. The van der Waals surface area contributed by atoms with Crippen LogP contribution in [0.2, 0.25) is 0 Å². The topological polar surface area (TPSA) is 70.8 Å². The maximum absolute atomic E-state index is 13.8. The molecule has 0 aromatic carbocycles. The molecule has 33 heavy (non-hydrogen) atoms. The normalized spacial score (nSPS) is 41.8. The van der Waals surface area contributed by atoms with Crippen LogP contribution in [-0.4, -0.2) is 79.8 Å². The maximum atomic E-state index is 13.8. The van der Waals surface area contributed by atoms with E-state index in [1.54, 1.807) is 0 Å². The van der Waals surface area contributed by atoms with E-state index in [9.17, 15) is 4.57 Å². The highest BCUT2D eigenvalue weighted by Gasteiger charge is 2.45. The Labute approximate surface area is 205 Å². The zero-order chi connectivity index (χ0) is 26.5. The van der Waals surface area contributed by atoms with Crippen LogP contribution < -0.4 is 0 Å². The summed E-state index contributed by atoms with van der Waals surface area (Å²) in [6.07, 6.45) is 1.27. The lowest BCUT2D eigenvalue weighted by molar-refractivity contribution is 0.00525. The van der Waals surface area contributed by atoms with Crippen molar-refractivity contribution in [1.29, 1.82) is 0 Å². The van der Waals surface area contributed by atoms with Crippen LogP contribution in [0, 0.1) is 12.5 Å². The van der Waals surface area contributed by atoms with Crippen LogP contribution in [0.1, 0.15) is 64.4 Å². The number of nitrogens with zero attached hydrogens (tertiary/aromatic N) is 2. The van der Waals surface area contributed by atoms with E-state index < -0.39 is 47.4 Å². The van der Waals surface area contributed by atoms with Gasteiger partial charge in [-0.25, -0.2) is 11.2 Å². The molecule has 0 amide bonds. The maximum Gasteiger partial charge on any atom is 0.259 e. The Morgan fingerprint density at radius 1 is 1.24 bits per heavy atom. The van der Waals surface area contributed by atoms with Crippen LogP contribution in [0.3, 0.4) is 0 Å². The summed E-state index contributed by atoms with van der Waals surface area (Å²) in [6, 6.07) is 0.332. The highest BCUT2D eigenvalue weighted by atomic mass is 31.2. The first-order valence-corrected chi connectivity index (χ1v) is 15.1. The van der Waals surface area contributed by atoms with E-state index in [0.29, 0.717) is 25.2 Å². The number of ether oxygens (including phenoxy) is 2. The minimum atomic E-state index is -3.01. The van der Waals surface area contributed by atoms with E-state index in [4.69, 9.17) is 33.7 Å². The molecule has 8 nitrogen and oxygen atoms in total. The lowest BCUT2D eigenvalue weighted by Crippen LogP contribution is -2.39. The van der Waals surface area contributed by atoms with Crippen molar-refractivity contribution >= 4 is 15.9 Å². The van der Waals surface area contributed by atoms with Crippen molar-refractivity contribution in [2.75, 3.05) is 38.6 Å². The second-order valence-electron chi connectivity index (χ2n) is 9.51. The van der Waals surface area contributed by atoms with Gasteiger partial charge in [0.2, 0.25) is 13.9 Å². The van der Waals surface area contributed by atoms with E-state index in [1.807, 2.05) is 0 Å². The third kappa shape index (κ3) is 7.45. The molecule has 0 radical (unpaired) electrons. The summed E-state index contributed by atoms with van der Waals surface area (Å²) < 4.78 is 70.0. The van der Waals surface area contributed by atoms with Crippen LogP contribution >= 0.6 is 15.9 Å². The predicted molar refractivity (Wildman–Crippen MR) is 131 cm³/mol. The summed E-state index contributed by atoms with van der Waals surface area (Å²) in [4.78, 5) is 3.39. The first-order valence-electron chi connectivity index (χ1n) is 13.9. The highest BCUT2D eigenvalue weighted by Crippen LogP contribution is 2.57. The SMILES string of the molecule is [2H]C[C@H]1O[C@@H]([3H])C[C@@H]1O[P@@]1(=O)CCC[C@@H]([C@H]2O[C@@H]([3H])C[C@@H]2OP(OCC[N+]#[C-])N(C(C)C)C(C)C)C1. The molecule has 3 rings (SSSR count). The minimum absolute atomic E-state index is 0.0229. The summed E-state index contributed by atoms with van der Waals surface area (Å²) in [5.41, 5.74) is 0. The molecule has 0 bridgehead atoms. The molecule has 0 N–H and O–H groups in total. The van der Waals surface area contributed by atoms with Gasteiger partial charge in [0.05, 0.1) is 27.2 Å². The van der Waals surface area contributed by atoms with E-state index in [2.05, 4.69) is 37.2 Å². The molecule has 3 saturated heterocycles. The summed E-state index contributed by atoms with van der Waals surface area (Å²) in [7, 11) is -4.49. The fourth-order valence-electron chi connectivity index (χ4n) is 4.78. The molecular formula is C23H42N2O6P2. The van der Waals surface area contributed by atoms with Crippen molar-refractivity contribution in [3.05, 3.63) is 11.4 Å². The molecule has 3 fully saturated rings. The Morgan fingerprint density at radius 2 is 1.97 bits per heavy atom. The van der Waals surface area contributed by atoms with E-state index in [0.717, 1.165) is 12.8 Å². The average Bonchev–Trinajstić information content (AvgIpc) is 3.33. The fraction of sp³-hybridized carbons (Fsp3) is 0.957. The van der Waals surface area contributed by atoms with E-state index >= 15 is 0 Å². The lowest BCUT2D eigenvalue weighted by atomic mass is 9.95. The van der Waals surface area contributed by atoms with Gasteiger partial charge in [0, 0.05) is 38.9 Å². The largest absolute Gasteiger partial charge is 0.376 e. The Kier molecular flexibility index (Phi) is 9.01. The van der Waals surface area contributed by atoms with Gasteiger partial charge in [0.1, 0.15) is 6.61 Å². The third-order valence-electron chi connectivity index (χ3n) is 6.22. The predicted octanol–water partition coefficient (Wildman–Crippen LogP) is 5.32. The summed E-state index contributed by atoms with van der Waals surface area (Å²) in [5, 5.41) is 0.